The van der Waals surface area contributed by atoms with Crippen LogP contribution in [0.2, 0.25) is 0 Å². The number of benzene rings is 2. The zero-order valence-electron chi connectivity index (χ0n) is 20.7. The molecule has 0 amide bonds. The topological polar surface area (TPSA) is 59.5 Å². The van der Waals surface area contributed by atoms with Crippen LogP contribution in [0, 0.1) is 13.8 Å². The van der Waals surface area contributed by atoms with E-state index in [1.165, 1.54) is 16.0 Å². The number of rotatable bonds is 9. The molecule has 34 heavy (non-hydrogen) atoms. The molecule has 4 rings (SSSR count). The summed E-state index contributed by atoms with van der Waals surface area (Å²) in [5, 5.41) is 4.72. The van der Waals surface area contributed by atoms with Crippen LogP contribution in [-0.4, -0.2) is 49.2 Å². The van der Waals surface area contributed by atoms with Crippen LogP contribution >= 0.6 is 11.3 Å². The molecular weight excluding hydrogens is 444 g/mol. The van der Waals surface area contributed by atoms with E-state index in [4.69, 9.17) is 19.4 Å². The van der Waals surface area contributed by atoms with Gasteiger partial charge in [-0.25, -0.2) is 9.97 Å². The summed E-state index contributed by atoms with van der Waals surface area (Å²) >= 11 is 1.71. The van der Waals surface area contributed by atoms with E-state index in [9.17, 15) is 0 Å². The van der Waals surface area contributed by atoms with Crippen LogP contribution in [0.5, 0.6) is 11.5 Å². The van der Waals surface area contributed by atoms with Crippen LogP contribution in [0.4, 0.5) is 5.82 Å². The highest BCUT2D eigenvalue weighted by molar-refractivity contribution is 7.19. The zero-order chi connectivity index (χ0) is 24.2. The molecule has 0 spiro atoms. The minimum Gasteiger partial charge on any atom is -0.497 e. The number of fused-ring (bicyclic) bond motifs is 1. The summed E-state index contributed by atoms with van der Waals surface area (Å²) in [4.78, 5) is 14.0. The molecule has 1 unspecified atom stereocenters. The quantitative estimate of drug-likeness (QED) is 0.315. The summed E-state index contributed by atoms with van der Waals surface area (Å²) in [5.74, 6) is 3.37. The number of ether oxygens (including phenoxy) is 2. The molecule has 1 N–H and O–H groups in total. The van der Waals surface area contributed by atoms with Crippen LogP contribution in [0.25, 0.3) is 21.3 Å². The first-order chi connectivity index (χ1) is 16.4. The summed E-state index contributed by atoms with van der Waals surface area (Å²) in [6.45, 7) is 7.46. The predicted octanol–water partition coefficient (Wildman–Crippen LogP) is 6.10. The van der Waals surface area contributed by atoms with Crippen molar-refractivity contribution in [2.45, 2.75) is 26.8 Å². The van der Waals surface area contributed by atoms with E-state index in [1.54, 1.807) is 18.4 Å². The fraction of sp³-hybridized carbons (Fsp3) is 0.333. The molecule has 0 bridgehead atoms. The van der Waals surface area contributed by atoms with Gasteiger partial charge >= 0.3 is 0 Å². The second-order valence-corrected chi connectivity index (χ2v) is 9.63. The molecule has 1 atom stereocenters. The predicted molar refractivity (Wildman–Crippen MR) is 141 cm³/mol. The normalized spacial score (nSPS) is 12.2. The van der Waals surface area contributed by atoms with Crippen molar-refractivity contribution >= 4 is 27.4 Å². The van der Waals surface area contributed by atoms with Crippen LogP contribution in [-0.2, 0) is 0 Å². The Kier molecular flexibility index (Phi) is 7.34. The van der Waals surface area contributed by atoms with E-state index in [-0.39, 0.29) is 6.04 Å². The van der Waals surface area contributed by atoms with Gasteiger partial charge in [0.05, 0.1) is 25.1 Å². The minimum absolute atomic E-state index is 0.171. The van der Waals surface area contributed by atoms with Gasteiger partial charge in [-0.1, -0.05) is 24.3 Å². The van der Waals surface area contributed by atoms with E-state index in [0.717, 1.165) is 38.9 Å². The van der Waals surface area contributed by atoms with Crippen LogP contribution in [0.1, 0.15) is 29.2 Å². The summed E-state index contributed by atoms with van der Waals surface area (Å²) < 4.78 is 11.0. The molecule has 0 aliphatic heterocycles. The lowest BCUT2D eigenvalue weighted by atomic mass is 10.0. The second-order valence-electron chi connectivity index (χ2n) is 8.42. The smallest absolute Gasteiger partial charge is 0.139 e. The van der Waals surface area contributed by atoms with Gasteiger partial charge in [0.1, 0.15) is 28.0 Å². The molecule has 7 heteroatoms. The lowest BCUT2D eigenvalue weighted by Crippen LogP contribution is -2.27. The molecule has 0 saturated carbocycles. The lowest BCUT2D eigenvalue weighted by molar-refractivity contribution is 0.311. The molecule has 0 saturated heterocycles. The van der Waals surface area contributed by atoms with Crippen LogP contribution in [0.15, 0.2) is 48.5 Å². The molecule has 4 aromatic rings. The van der Waals surface area contributed by atoms with Crippen molar-refractivity contribution in [2.75, 3.05) is 39.7 Å². The number of nitrogens with zero attached hydrogens (tertiary/aromatic N) is 3. The second kappa shape index (κ2) is 10.4. The molecule has 178 valence electrons. The van der Waals surface area contributed by atoms with Crippen molar-refractivity contribution in [3.63, 3.8) is 0 Å². The number of nitrogens with one attached hydrogen (secondary N) is 1. The summed E-state index contributed by atoms with van der Waals surface area (Å²) in [5.41, 5.74) is 3.53. The van der Waals surface area contributed by atoms with E-state index in [0.29, 0.717) is 13.2 Å². The fourth-order valence-corrected chi connectivity index (χ4v) is 5.29. The number of likely N-dealkylation sites (N-methyl/N-ethyl adjacent to an activating group) is 1. The Hall–Kier alpha value is -3.16. The van der Waals surface area contributed by atoms with Gasteiger partial charge < -0.3 is 19.7 Å². The SMILES string of the molecule is CCOc1ccc(-c2c(C)sc3nc(C)nc(NCC(c4ccc(OC)cc4)N(C)C)c23)cc1. The van der Waals surface area contributed by atoms with Gasteiger partial charge in [-0.3, -0.25) is 0 Å². The van der Waals surface area contributed by atoms with E-state index < -0.39 is 0 Å². The number of hydrogen-bond donors (Lipinski definition) is 1. The Balaban J connectivity index is 1.70. The van der Waals surface area contributed by atoms with Gasteiger partial charge in [-0.15, -0.1) is 11.3 Å². The number of aryl methyl sites for hydroxylation is 2. The first-order valence-corrected chi connectivity index (χ1v) is 12.3. The van der Waals surface area contributed by atoms with E-state index in [1.807, 2.05) is 38.1 Å². The van der Waals surface area contributed by atoms with Crippen molar-refractivity contribution in [1.29, 1.82) is 0 Å². The van der Waals surface area contributed by atoms with Crippen molar-refractivity contribution in [2.24, 2.45) is 0 Å². The molecular formula is C27H32N4O2S. The Morgan fingerprint density at radius 2 is 1.65 bits per heavy atom. The van der Waals surface area contributed by atoms with Gasteiger partial charge in [0.2, 0.25) is 0 Å². The maximum Gasteiger partial charge on any atom is 0.139 e. The monoisotopic (exact) mass is 476 g/mol. The first kappa shape index (κ1) is 24.0. The standard InChI is InChI=1S/C27H32N4O2S/c1-7-33-22-14-10-20(11-15-22)24-17(2)34-27-25(24)26(29-18(3)30-27)28-16-23(31(4)5)19-8-12-21(32-6)13-9-19/h8-15,23H,7,16H2,1-6H3,(H,28,29,30). The maximum absolute atomic E-state index is 5.63. The average molecular weight is 477 g/mol. The third-order valence-corrected chi connectivity index (χ3v) is 6.88. The van der Waals surface area contributed by atoms with Crippen LogP contribution in [0.3, 0.4) is 0 Å². The molecule has 2 heterocycles. The van der Waals surface area contributed by atoms with Gasteiger partial charge in [0, 0.05) is 17.0 Å². The third kappa shape index (κ3) is 5.00. The van der Waals surface area contributed by atoms with Gasteiger partial charge in [0.25, 0.3) is 0 Å². The number of aromatic nitrogens is 2. The molecule has 0 fully saturated rings. The van der Waals surface area contributed by atoms with Crippen molar-refractivity contribution < 1.29 is 9.47 Å². The molecule has 6 nitrogen and oxygen atoms in total. The Morgan fingerprint density at radius 3 is 2.26 bits per heavy atom. The maximum atomic E-state index is 5.63. The van der Waals surface area contributed by atoms with Crippen molar-refractivity contribution in [3.05, 3.63) is 64.8 Å². The van der Waals surface area contributed by atoms with E-state index in [2.05, 4.69) is 55.5 Å². The zero-order valence-corrected chi connectivity index (χ0v) is 21.5. The van der Waals surface area contributed by atoms with Gasteiger partial charge in [0.15, 0.2) is 0 Å². The van der Waals surface area contributed by atoms with Gasteiger partial charge in [-0.05, 0) is 70.3 Å². The summed E-state index contributed by atoms with van der Waals surface area (Å²) in [7, 11) is 5.88. The Bertz CT molecular complexity index is 1250. The van der Waals surface area contributed by atoms with Crippen molar-refractivity contribution in [3.8, 4) is 22.6 Å². The number of methoxy groups -OCH3 is 1. The average Bonchev–Trinajstić information content (AvgIpc) is 3.15. The molecule has 2 aromatic heterocycles. The number of anilines is 1. The van der Waals surface area contributed by atoms with E-state index >= 15 is 0 Å². The van der Waals surface area contributed by atoms with Gasteiger partial charge in [-0.2, -0.15) is 0 Å². The Morgan fingerprint density at radius 1 is 0.971 bits per heavy atom. The summed E-state index contributed by atoms with van der Waals surface area (Å²) in [6, 6.07) is 16.7. The summed E-state index contributed by atoms with van der Waals surface area (Å²) in [6.07, 6.45) is 0. The third-order valence-electron chi connectivity index (χ3n) is 5.88. The molecule has 0 radical (unpaired) electrons. The fourth-order valence-electron chi connectivity index (χ4n) is 4.20. The van der Waals surface area contributed by atoms with Crippen molar-refractivity contribution in [1.82, 2.24) is 14.9 Å². The largest absolute Gasteiger partial charge is 0.497 e. The number of hydrogen-bond acceptors (Lipinski definition) is 7. The van der Waals surface area contributed by atoms with Crippen LogP contribution < -0.4 is 14.8 Å². The number of thiophene rings is 1. The molecule has 0 aliphatic rings. The highest BCUT2D eigenvalue weighted by Crippen LogP contribution is 2.41. The molecule has 2 aromatic carbocycles. The Labute approximate surface area is 205 Å². The molecule has 0 aliphatic carbocycles. The lowest BCUT2D eigenvalue weighted by Gasteiger charge is -2.26. The minimum atomic E-state index is 0.171. The highest BCUT2D eigenvalue weighted by Gasteiger charge is 2.20. The highest BCUT2D eigenvalue weighted by atomic mass is 32.1. The first-order valence-electron chi connectivity index (χ1n) is 11.5.